The number of morpholine rings is 2. The van der Waals surface area contributed by atoms with Crippen LogP contribution in [0.25, 0.3) is 0 Å². The van der Waals surface area contributed by atoms with Crippen LogP contribution in [0.15, 0.2) is 0 Å². The minimum Gasteiger partial charge on any atom is -0.378 e. The highest BCUT2D eigenvalue weighted by Crippen LogP contribution is 2.16. The summed E-state index contributed by atoms with van der Waals surface area (Å²) in [6, 6.07) is 0.329. The third-order valence-electron chi connectivity index (χ3n) is 3.93. The number of nitrogens with zero attached hydrogens (tertiary/aromatic N) is 2. The predicted octanol–water partition coefficient (Wildman–Crippen LogP) is 0.345. The minimum absolute atomic E-state index is 0.105. The van der Waals surface area contributed by atoms with E-state index in [4.69, 9.17) is 9.47 Å². The van der Waals surface area contributed by atoms with Gasteiger partial charge >= 0.3 is 0 Å². The highest BCUT2D eigenvalue weighted by molar-refractivity contribution is 5.82. The van der Waals surface area contributed by atoms with Crippen LogP contribution in [0.3, 0.4) is 0 Å². The van der Waals surface area contributed by atoms with Gasteiger partial charge in [0.05, 0.1) is 26.4 Å². The van der Waals surface area contributed by atoms with Crippen molar-refractivity contribution in [3.63, 3.8) is 0 Å². The fourth-order valence-corrected chi connectivity index (χ4v) is 2.59. The Hall–Kier alpha value is -0.650. The van der Waals surface area contributed by atoms with Crippen LogP contribution in [0.5, 0.6) is 0 Å². The van der Waals surface area contributed by atoms with E-state index in [1.165, 1.54) is 0 Å². The molecule has 2 unspecified atom stereocenters. The van der Waals surface area contributed by atoms with Crippen molar-refractivity contribution in [2.24, 2.45) is 0 Å². The molecule has 0 aromatic carbocycles. The maximum Gasteiger partial charge on any atom is 0.242 e. The average molecular weight is 256 g/mol. The lowest BCUT2D eigenvalue weighted by atomic mass is 10.1. The van der Waals surface area contributed by atoms with E-state index in [1.54, 1.807) is 0 Å². The Balaban J connectivity index is 2.00. The van der Waals surface area contributed by atoms with Gasteiger partial charge < -0.3 is 14.4 Å². The van der Waals surface area contributed by atoms with Crippen LogP contribution in [0.2, 0.25) is 0 Å². The van der Waals surface area contributed by atoms with Crippen molar-refractivity contribution in [2.45, 2.75) is 32.4 Å². The number of ether oxygens (including phenoxy) is 2. The summed E-state index contributed by atoms with van der Waals surface area (Å²) in [4.78, 5) is 16.7. The van der Waals surface area contributed by atoms with E-state index in [9.17, 15) is 4.79 Å². The van der Waals surface area contributed by atoms with Gasteiger partial charge in [0, 0.05) is 25.7 Å². The Labute approximate surface area is 109 Å². The Kier molecular flexibility index (Phi) is 4.97. The molecule has 18 heavy (non-hydrogen) atoms. The molecule has 104 valence electrons. The molecule has 0 bridgehead atoms. The summed E-state index contributed by atoms with van der Waals surface area (Å²) in [5, 5.41) is 0. The fraction of sp³-hybridized carbons (Fsp3) is 0.923. The Morgan fingerprint density at radius 1 is 1.22 bits per heavy atom. The van der Waals surface area contributed by atoms with E-state index in [0.29, 0.717) is 39.0 Å². The van der Waals surface area contributed by atoms with Crippen LogP contribution >= 0.6 is 0 Å². The summed E-state index contributed by atoms with van der Waals surface area (Å²) in [5.41, 5.74) is 0. The normalized spacial score (nSPS) is 28.1. The Morgan fingerprint density at radius 2 is 1.89 bits per heavy atom. The van der Waals surface area contributed by atoms with E-state index >= 15 is 0 Å². The molecule has 2 aliphatic rings. The summed E-state index contributed by atoms with van der Waals surface area (Å²) in [5.74, 6) is 0.207. The summed E-state index contributed by atoms with van der Waals surface area (Å²) < 4.78 is 10.8. The molecule has 0 aliphatic carbocycles. The number of rotatable bonds is 3. The fourth-order valence-electron chi connectivity index (χ4n) is 2.59. The summed E-state index contributed by atoms with van der Waals surface area (Å²) in [6.45, 7) is 9.20. The van der Waals surface area contributed by atoms with Gasteiger partial charge in [-0.3, -0.25) is 9.69 Å². The quantitative estimate of drug-likeness (QED) is 0.730. The monoisotopic (exact) mass is 256 g/mol. The highest BCUT2D eigenvalue weighted by atomic mass is 16.5. The van der Waals surface area contributed by atoms with Gasteiger partial charge in [0.25, 0.3) is 0 Å². The number of hydrogen-bond acceptors (Lipinski definition) is 4. The molecule has 2 heterocycles. The lowest BCUT2D eigenvalue weighted by Gasteiger charge is -2.41. The molecular formula is C13H24N2O3. The smallest absolute Gasteiger partial charge is 0.242 e. The second-order valence-electron chi connectivity index (χ2n) is 5.02. The van der Waals surface area contributed by atoms with Crippen molar-refractivity contribution in [3.05, 3.63) is 0 Å². The average Bonchev–Trinajstić information content (AvgIpc) is 2.46. The summed E-state index contributed by atoms with van der Waals surface area (Å²) >= 11 is 0. The molecule has 2 aliphatic heterocycles. The lowest BCUT2D eigenvalue weighted by molar-refractivity contribution is -0.149. The molecule has 2 saturated heterocycles. The molecule has 2 fully saturated rings. The largest absolute Gasteiger partial charge is 0.378 e. The van der Waals surface area contributed by atoms with Crippen LogP contribution in [0.4, 0.5) is 0 Å². The van der Waals surface area contributed by atoms with Gasteiger partial charge in [-0.1, -0.05) is 6.92 Å². The maximum atomic E-state index is 12.5. The summed E-state index contributed by atoms with van der Waals surface area (Å²) in [6.07, 6.45) is 1.06. The van der Waals surface area contributed by atoms with Gasteiger partial charge in [-0.25, -0.2) is 0 Å². The van der Waals surface area contributed by atoms with Crippen LogP contribution < -0.4 is 0 Å². The zero-order valence-electron chi connectivity index (χ0n) is 11.4. The Morgan fingerprint density at radius 3 is 2.56 bits per heavy atom. The topological polar surface area (TPSA) is 42.0 Å². The van der Waals surface area contributed by atoms with Crippen molar-refractivity contribution in [2.75, 3.05) is 46.1 Å². The van der Waals surface area contributed by atoms with Crippen LogP contribution in [-0.4, -0.2) is 73.9 Å². The minimum atomic E-state index is -0.105. The molecule has 0 aromatic rings. The van der Waals surface area contributed by atoms with Crippen molar-refractivity contribution in [1.82, 2.24) is 9.80 Å². The van der Waals surface area contributed by atoms with E-state index in [0.717, 1.165) is 19.6 Å². The number of carbonyl (C=O) groups is 1. The van der Waals surface area contributed by atoms with Gasteiger partial charge in [0.2, 0.25) is 5.91 Å². The molecule has 1 amide bonds. The zero-order valence-corrected chi connectivity index (χ0v) is 11.4. The molecule has 2 atom stereocenters. The Bertz CT molecular complexity index is 279. The molecule has 0 spiro atoms. The maximum absolute atomic E-state index is 12.5. The SMILES string of the molecule is CCC(C)N1CCOCC1C(=O)N1CCOCC1. The standard InChI is InChI=1S/C13H24N2O3/c1-3-11(2)15-6-9-18-10-12(15)13(16)14-4-7-17-8-5-14/h11-12H,3-10H2,1-2H3. The number of amides is 1. The number of carbonyl (C=O) groups excluding carboxylic acids is 1. The second kappa shape index (κ2) is 6.50. The molecule has 0 radical (unpaired) electrons. The van der Waals surface area contributed by atoms with Crippen LogP contribution in [0.1, 0.15) is 20.3 Å². The van der Waals surface area contributed by atoms with Crippen molar-refractivity contribution < 1.29 is 14.3 Å². The van der Waals surface area contributed by atoms with E-state index in [-0.39, 0.29) is 11.9 Å². The second-order valence-corrected chi connectivity index (χ2v) is 5.02. The van der Waals surface area contributed by atoms with Crippen LogP contribution in [-0.2, 0) is 14.3 Å². The third-order valence-corrected chi connectivity index (χ3v) is 3.93. The van der Waals surface area contributed by atoms with Gasteiger partial charge in [-0.15, -0.1) is 0 Å². The molecule has 0 N–H and O–H groups in total. The van der Waals surface area contributed by atoms with Gasteiger partial charge in [-0.2, -0.15) is 0 Å². The first-order valence-electron chi connectivity index (χ1n) is 6.94. The van der Waals surface area contributed by atoms with Crippen LogP contribution in [0, 0.1) is 0 Å². The molecule has 5 heteroatoms. The van der Waals surface area contributed by atoms with Gasteiger partial charge in [0.15, 0.2) is 0 Å². The first kappa shape index (κ1) is 13.8. The first-order valence-corrected chi connectivity index (χ1v) is 6.94. The van der Waals surface area contributed by atoms with E-state index in [1.807, 2.05) is 4.90 Å². The molecule has 2 rings (SSSR count). The lowest BCUT2D eigenvalue weighted by Crippen LogP contribution is -2.58. The van der Waals surface area contributed by atoms with Crippen molar-refractivity contribution in [1.29, 1.82) is 0 Å². The first-order chi connectivity index (χ1) is 8.74. The third kappa shape index (κ3) is 3.02. The van der Waals surface area contributed by atoms with E-state index in [2.05, 4.69) is 18.7 Å². The molecular weight excluding hydrogens is 232 g/mol. The molecule has 5 nitrogen and oxygen atoms in total. The summed E-state index contributed by atoms with van der Waals surface area (Å²) in [7, 11) is 0. The molecule has 0 saturated carbocycles. The van der Waals surface area contributed by atoms with Crippen molar-refractivity contribution >= 4 is 5.91 Å². The predicted molar refractivity (Wildman–Crippen MR) is 68.5 cm³/mol. The highest BCUT2D eigenvalue weighted by Gasteiger charge is 2.34. The molecule has 0 aromatic heterocycles. The van der Waals surface area contributed by atoms with Gasteiger partial charge in [-0.05, 0) is 13.3 Å². The zero-order chi connectivity index (χ0) is 13.0. The van der Waals surface area contributed by atoms with E-state index < -0.39 is 0 Å². The van der Waals surface area contributed by atoms with Crippen molar-refractivity contribution in [3.8, 4) is 0 Å². The van der Waals surface area contributed by atoms with Gasteiger partial charge in [0.1, 0.15) is 6.04 Å². The number of hydrogen-bond donors (Lipinski definition) is 0.